The molecule has 1 rings (SSSR count). The molecule has 0 aliphatic rings. The van der Waals surface area contributed by atoms with Crippen LogP contribution in [0.3, 0.4) is 0 Å². The summed E-state index contributed by atoms with van der Waals surface area (Å²) in [5.41, 5.74) is -0.190. The molecular formula is C10H15ClN4O3S. The van der Waals surface area contributed by atoms with Gasteiger partial charge in [-0.1, -0.05) is 28.1 Å². The van der Waals surface area contributed by atoms with E-state index in [1.54, 1.807) is 7.05 Å². The van der Waals surface area contributed by atoms with Gasteiger partial charge in [0.25, 0.3) is 0 Å². The molecule has 0 amide bonds. The Morgan fingerprint density at radius 3 is 2.84 bits per heavy atom. The average molecular weight is 307 g/mol. The van der Waals surface area contributed by atoms with Crippen LogP contribution < -0.4 is 10.6 Å². The SMILES string of the molecule is CNCCCO/N=C(/C(=O)O)c1nc(NC)sc1Cl. The molecule has 1 aromatic heterocycles. The quantitative estimate of drug-likeness (QED) is 0.380. The van der Waals surface area contributed by atoms with E-state index in [0.29, 0.717) is 11.7 Å². The predicted octanol–water partition coefficient (Wildman–Crippen LogP) is 1.25. The van der Waals surface area contributed by atoms with Crippen molar-refractivity contribution in [1.29, 1.82) is 0 Å². The number of halogens is 1. The zero-order valence-electron chi connectivity index (χ0n) is 10.6. The number of aliphatic carboxylic acids is 1. The molecule has 0 unspecified atom stereocenters. The molecule has 9 heteroatoms. The maximum atomic E-state index is 11.1. The monoisotopic (exact) mass is 306 g/mol. The highest BCUT2D eigenvalue weighted by molar-refractivity contribution is 7.19. The molecular weight excluding hydrogens is 292 g/mol. The number of thiazole rings is 1. The number of nitrogens with zero attached hydrogens (tertiary/aromatic N) is 2. The molecule has 0 spiro atoms. The minimum absolute atomic E-state index is 0.108. The van der Waals surface area contributed by atoms with Gasteiger partial charge in [-0.15, -0.1) is 0 Å². The largest absolute Gasteiger partial charge is 0.476 e. The standard InChI is InChI=1S/C10H15ClN4O3S/c1-12-4-3-5-18-15-7(9(16)17)6-8(11)19-10(13-2)14-6/h12H,3-5H2,1-2H3,(H,13,14)(H,16,17)/b15-7+. The van der Waals surface area contributed by atoms with Gasteiger partial charge in [0, 0.05) is 7.05 Å². The Bertz CT molecular complexity index is 464. The van der Waals surface area contributed by atoms with Crippen LogP contribution >= 0.6 is 22.9 Å². The van der Waals surface area contributed by atoms with Crippen LogP contribution in [0.2, 0.25) is 4.34 Å². The summed E-state index contributed by atoms with van der Waals surface area (Å²) in [5.74, 6) is -1.23. The van der Waals surface area contributed by atoms with Crippen molar-refractivity contribution < 1.29 is 14.7 Å². The second-order valence-electron chi connectivity index (χ2n) is 3.43. The van der Waals surface area contributed by atoms with Crippen molar-refractivity contribution >= 4 is 39.8 Å². The first-order chi connectivity index (χ1) is 9.10. The third-order valence-electron chi connectivity index (χ3n) is 2.04. The maximum absolute atomic E-state index is 11.1. The van der Waals surface area contributed by atoms with E-state index in [2.05, 4.69) is 20.8 Å². The van der Waals surface area contributed by atoms with Crippen LogP contribution in [-0.2, 0) is 9.63 Å². The predicted molar refractivity (Wildman–Crippen MR) is 75.3 cm³/mol. The van der Waals surface area contributed by atoms with Gasteiger partial charge in [-0.2, -0.15) is 0 Å². The van der Waals surface area contributed by atoms with Crippen molar-refractivity contribution in [3.8, 4) is 0 Å². The summed E-state index contributed by atoms with van der Waals surface area (Å²) in [4.78, 5) is 20.1. The number of hydrogen-bond donors (Lipinski definition) is 3. The third-order valence-corrected chi connectivity index (χ3v) is 3.32. The molecule has 0 aromatic carbocycles. The topological polar surface area (TPSA) is 95.8 Å². The summed E-state index contributed by atoms with van der Waals surface area (Å²) in [7, 11) is 3.49. The average Bonchev–Trinajstić information content (AvgIpc) is 2.74. The van der Waals surface area contributed by atoms with Gasteiger partial charge in [0.05, 0.1) is 0 Å². The molecule has 0 aliphatic carbocycles. The lowest BCUT2D eigenvalue weighted by molar-refractivity contribution is -0.129. The van der Waals surface area contributed by atoms with E-state index >= 15 is 0 Å². The van der Waals surface area contributed by atoms with Gasteiger partial charge < -0.3 is 20.6 Å². The number of anilines is 1. The number of rotatable bonds is 8. The van der Waals surface area contributed by atoms with E-state index in [-0.39, 0.29) is 15.7 Å². The summed E-state index contributed by atoms with van der Waals surface area (Å²) in [5, 5.41) is 18.9. The fourth-order valence-corrected chi connectivity index (χ4v) is 2.16. The molecule has 0 bridgehead atoms. The Morgan fingerprint density at radius 2 is 2.32 bits per heavy atom. The van der Waals surface area contributed by atoms with Crippen LogP contribution in [0, 0.1) is 0 Å². The van der Waals surface area contributed by atoms with E-state index < -0.39 is 5.97 Å². The summed E-state index contributed by atoms with van der Waals surface area (Å²) in [6.45, 7) is 1.08. The molecule has 0 fully saturated rings. The van der Waals surface area contributed by atoms with Gasteiger partial charge in [-0.3, -0.25) is 0 Å². The van der Waals surface area contributed by atoms with Gasteiger partial charge in [-0.05, 0) is 20.0 Å². The fraction of sp³-hybridized carbons (Fsp3) is 0.500. The molecule has 0 aliphatic heterocycles. The van der Waals surface area contributed by atoms with Gasteiger partial charge >= 0.3 is 5.97 Å². The first kappa shape index (κ1) is 15.7. The molecule has 0 radical (unpaired) electrons. The van der Waals surface area contributed by atoms with E-state index in [4.69, 9.17) is 21.5 Å². The molecule has 1 aromatic rings. The Kier molecular flexibility index (Phi) is 6.54. The highest BCUT2D eigenvalue weighted by Gasteiger charge is 2.21. The van der Waals surface area contributed by atoms with Crippen LogP contribution in [0.25, 0.3) is 0 Å². The molecule has 3 N–H and O–H groups in total. The fourth-order valence-electron chi connectivity index (χ4n) is 1.16. The molecule has 0 saturated carbocycles. The van der Waals surface area contributed by atoms with Crippen molar-refractivity contribution in [3.63, 3.8) is 0 Å². The van der Waals surface area contributed by atoms with Crippen molar-refractivity contribution in [3.05, 3.63) is 10.0 Å². The normalized spacial score (nSPS) is 11.4. The van der Waals surface area contributed by atoms with Crippen LogP contribution in [0.4, 0.5) is 5.13 Å². The first-order valence-corrected chi connectivity index (χ1v) is 6.72. The minimum atomic E-state index is -1.23. The first-order valence-electron chi connectivity index (χ1n) is 5.52. The maximum Gasteiger partial charge on any atom is 0.360 e. The van der Waals surface area contributed by atoms with Crippen LogP contribution in [0.5, 0.6) is 0 Å². The van der Waals surface area contributed by atoms with Crippen molar-refractivity contribution in [2.24, 2.45) is 5.16 Å². The Hall–Kier alpha value is -1.38. The lowest BCUT2D eigenvalue weighted by Gasteiger charge is -2.01. The smallest absolute Gasteiger partial charge is 0.360 e. The minimum Gasteiger partial charge on any atom is -0.476 e. The number of nitrogens with one attached hydrogen (secondary N) is 2. The van der Waals surface area contributed by atoms with E-state index in [9.17, 15) is 4.79 Å². The van der Waals surface area contributed by atoms with Gasteiger partial charge in [0.2, 0.25) is 5.71 Å². The van der Waals surface area contributed by atoms with Gasteiger partial charge in [-0.25, -0.2) is 9.78 Å². The van der Waals surface area contributed by atoms with E-state index in [1.165, 1.54) is 0 Å². The Labute approximate surface area is 119 Å². The molecule has 106 valence electrons. The molecule has 0 saturated heterocycles. The molecule has 19 heavy (non-hydrogen) atoms. The summed E-state index contributed by atoms with van der Waals surface area (Å²) in [6.07, 6.45) is 0.722. The van der Waals surface area contributed by atoms with Gasteiger partial charge in [0.15, 0.2) is 5.13 Å². The van der Waals surface area contributed by atoms with Crippen molar-refractivity contribution in [1.82, 2.24) is 10.3 Å². The second kappa shape index (κ2) is 7.93. The summed E-state index contributed by atoms with van der Waals surface area (Å²) < 4.78 is 0.254. The lowest BCUT2D eigenvalue weighted by atomic mass is 10.3. The number of carboxylic acid groups (broad SMARTS) is 1. The number of aromatic nitrogens is 1. The number of hydrogen-bond acceptors (Lipinski definition) is 7. The Morgan fingerprint density at radius 1 is 1.58 bits per heavy atom. The second-order valence-corrected chi connectivity index (χ2v) is 5.03. The van der Waals surface area contributed by atoms with Crippen molar-refractivity contribution in [2.45, 2.75) is 6.42 Å². The lowest BCUT2D eigenvalue weighted by Crippen LogP contribution is -2.17. The number of carbonyl (C=O) groups is 1. The highest BCUT2D eigenvalue weighted by atomic mass is 35.5. The van der Waals surface area contributed by atoms with Gasteiger partial charge in [0.1, 0.15) is 16.6 Å². The van der Waals surface area contributed by atoms with E-state index in [1.807, 2.05) is 7.05 Å². The Balaban J connectivity index is 2.79. The van der Waals surface area contributed by atoms with Crippen LogP contribution in [0.1, 0.15) is 12.1 Å². The zero-order chi connectivity index (χ0) is 14.3. The number of oxime groups is 1. The molecule has 1 heterocycles. The van der Waals surface area contributed by atoms with Crippen molar-refractivity contribution in [2.75, 3.05) is 32.6 Å². The zero-order valence-corrected chi connectivity index (χ0v) is 12.1. The highest BCUT2D eigenvalue weighted by Crippen LogP contribution is 2.28. The van der Waals surface area contributed by atoms with Crippen LogP contribution in [-0.4, -0.2) is 49.0 Å². The summed E-state index contributed by atoms with van der Waals surface area (Å²) >= 11 is 7.07. The number of carboxylic acids is 1. The molecule has 0 atom stereocenters. The summed E-state index contributed by atoms with van der Waals surface area (Å²) in [6, 6.07) is 0. The van der Waals surface area contributed by atoms with Crippen LogP contribution in [0.15, 0.2) is 5.16 Å². The molecule has 7 nitrogen and oxygen atoms in total. The van der Waals surface area contributed by atoms with E-state index in [0.717, 1.165) is 24.3 Å². The third kappa shape index (κ3) is 4.66.